The third kappa shape index (κ3) is 4.30. The smallest absolute Gasteiger partial charge is 0.175 e. The van der Waals surface area contributed by atoms with Crippen molar-refractivity contribution in [2.45, 2.75) is 31.2 Å². The predicted octanol–water partition coefficient (Wildman–Crippen LogP) is 1.57. The third-order valence-corrected chi connectivity index (χ3v) is 5.17. The van der Waals surface area contributed by atoms with Gasteiger partial charge in [0.1, 0.15) is 0 Å². The van der Waals surface area contributed by atoms with Crippen LogP contribution in [0.25, 0.3) is 0 Å². The summed E-state index contributed by atoms with van der Waals surface area (Å²) in [5.41, 5.74) is 1.49. The highest BCUT2D eigenvalue weighted by Gasteiger charge is 2.25. The number of nitrogens with one attached hydrogen (secondary N) is 2. The summed E-state index contributed by atoms with van der Waals surface area (Å²) in [7, 11) is -3.09. The van der Waals surface area contributed by atoms with Crippen molar-refractivity contribution >= 4 is 9.84 Å². The Morgan fingerprint density at radius 3 is 2.35 bits per heavy atom. The fourth-order valence-electron chi connectivity index (χ4n) is 2.57. The van der Waals surface area contributed by atoms with Crippen LogP contribution in [0.2, 0.25) is 0 Å². The molecule has 0 saturated carbocycles. The second kappa shape index (κ2) is 6.24. The van der Waals surface area contributed by atoms with Gasteiger partial charge in [-0.15, -0.1) is 0 Å². The molecule has 1 aliphatic rings. The van der Waals surface area contributed by atoms with Crippen LogP contribution in [-0.2, 0) is 16.4 Å². The standard InChI is InChI=1S/C15H24N2O2S/c1-15(7-9-16-10-8-15)12-17-11-13-3-5-14(6-4-13)20(2,18)19/h3-6,16-17H,7-12H2,1-2H3. The quantitative estimate of drug-likeness (QED) is 0.866. The summed E-state index contributed by atoms with van der Waals surface area (Å²) in [5.74, 6) is 0. The van der Waals surface area contributed by atoms with E-state index in [4.69, 9.17) is 0 Å². The monoisotopic (exact) mass is 296 g/mol. The van der Waals surface area contributed by atoms with Gasteiger partial charge in [0.05, 0.1) is 4.90 Å². The van der Waals surface area contributed by atoms with E-state index in [2.05, 4.69) is 17.6 Å². The molecule has 0 aromatic heterocycles. The lowest BCUT2D eigenvalue weighted by atomic mass is 9.81. The molecule has 1 aromatic carbocycles. The number of benzene rings is 1. The third-order valence-electron chi connectivity index (χ3n) is 4.04. The number of sulfone groups is 1. The van der Waals surface area contributed by atoms with Crippen molar-refractivity contribution < 1.29 is 8.42 Å². The topological polar surface area (TPSA) is 58.2 Å². The molecule has 112 valence electrons. The number of hydrogen-bond acceptors (Lipinski definition) is 4. The van der Waals surface area contributed by atoms with Gasteiger partial charge in [-0.25, -0.2) is 8.42 Å². The second-order valence-corrected chi connectivity index (χ2v) is 8.10. The summed E-state index contributed by atoms with van der Waals surface area (Å²) in [6.45, 7) is 6.31. The summed E-state index contributed by atoms with van der Waals surface area (Å²) in [5, 5.41) is 6.88. The molecule has 2 N–H and O–H groups in total. The van der Waals surface area contributed by atoms with E-state index in [-0.39, 0.29) is 0 Å². The van der Waals surface area contributed by atoms with Crippen LogP contribution in [0, 0.1) is 5.41 Å². The Kier molecular flexibility index (Phi) is 4.83. The first kappa shape index (κ1) is 15.5. The molecule has 20 heavy (non-hydrogen) atoms. The summed E-state index contributed by atoms with van der Waals surface area (Å²) in [6.07, 6.45) is 3.64. The van der Waals surface area contributed by atoms with Gasteiger partial charge in [0, 0.05) is 19.3 Å². The minimum atomic E-state index is -3.09. The van der Waals surface area contributed by atoms with Gasteiger partial charge in [-0.05, 0) is 49.0 Å². The molecule has 5 heteroatoms. The van der Waals surface area contributed by atoms with Gasteiger partial charge in [-0.3, -0.25) is 0 Å². The van der Waals surface area contributed by atoms with Crippen molar-refractivity contribution in [2.75, 3.05) is 25.9 Å². The van der Waals surface area contributed by atoms with Crippen molar-refractivity contribution in [3.8, 4) is 0 Å². The molecule has 1 aliphatic heterocycles. The van der Waals surface area contributed by atoms with Crippen molar-refractivity contribution in [3.63, 3.8) is 0 Å². The van der Waals surface area contributed by atoms with Crippen LogP contribution in [0.1, 0.15) is 25.3 Å². The predicted molar refractivity (Wildman–Crippen MR) is 81.5 cm³/mol. The molecule has 0 radical (unpaired) electrons. The van der Waals surface area contributed by atoms with E-state index in [0.717, 1.165) is 31.7 Å². The van der Waals surface area contributed by atoms with Crippen molar-refractivity contribution in [3.05, 3.63) is 29.8 Å². The van der Waals surface area contributed by atoms with Crippen LogP contribution >= 0.6 is 0 Å². The van der Waals surface area contributed by atoms with Crippen LogP contribution in [0.3, 0.4) is 0 Å². The van der Waals surface area contributed by atoms with Crippen molar-refractivity contribution in [1.29, 1.82) is 0 Å². The Morgan fingerprint density at radius 1 is 1.20 bits per heavy atom. The highest BCUT2D eigenvalue weighted by molar-refractivity contribution is 7.90. The molecular formula is C15H24N2O2S. The lowest BCUT2D eigenvalue weighted by molar-refractivity contribution is 0.220. The first-order valence-corrected chi connectivity index (χ1v) is 8.99. The zero-order chi connectivity index (χ0) is 14.6. The van der Waals surface area contributed by atoms with E-state index in [0.29, 0.717) is 10.3 Å². The van der Waals surface area contributed by atoms with Crippen LogP contribution < -0.4 is 10.6 Å². The van der Waals surface area contributed by atoms with E-state index >= 15 is 0 Å². The maximum absolute atomic E-state index is 11.4. The first-order chi connectivity index (χ1) is 9.39. The van der Waals surface area contributed by atoms with E-state index in [1.807, 2.05) is 12.1 Å². The Balaban J connectivity index is 1.85. The SMILES string of the molecule is CC1(CNCc2ccc(S(C)(=O)=O)cc2)CCNCC1. The van der Waals surface area contributed by atoms with Gasteiger partial charge in [0.2, 0.25) is 0 Å². The van der Waals surface area contributed by atoms with Crippen LogP contribution in [0.4, 0.5) is 0 Å². The average molecular weight is 296 g/mol. The fourth-order valence-corrected chi connectivity index (χ4v) is 3.20. The number of hydrogen-bond donors (Lipinski definition) is 2. The number of rotatable bonds is 5. The molecule has 1 saturated heterocycles. The van der Waals surface area contributed by atoms with Gasteiger partial charge >= 0.3 is 0 Å². The van der Waals surface area contributed by atoms with Crippen molar-refractivity contribution in [1.82, 2.24) is 10.6 Å². The Labute approximate surface area is 121 Å². The largest absolute Gasteiger partial charge is 0.317 e. The molecule has 1 fully saturated rings. The maximum Gasteiger partial charge on any atom is 0.175 e. The second-order valence-electron chi connectivity index (χ2n) is 6.08. The van der Waals surface area contributed by atoms with E-state index in [9.17, 15) is 8.42 Å². The Bertz CT molecular complexity index is 531. The molecule has 0 aliphatic carbocycles. The zero-order valence-electron chi connectivity index (χ0n) is 12.3. The van der Waals surface area contributed by atoms with Crippen LogP contribution in [0.15, 0.2) is 29.2 Å². The Hall–Kier alpha value is -0.910. The van der Waals surface area contributed by atoms with Gasteiger partial charge in [0.25, 0.3) is 0 Å². The van der Waals surface area contributed by atoms with Crippen LogP contribution in [-0.4, -0.2) is 34.3 Å². The normalized spacial score (nSPS) is 18.9. The summed E-state index contributed by atoms with van der Waals surface area (Å²) < 4.78 is 22.8. The molecule has 0 bridgehead atoms. The first-order valence-electron chi connectivity index (χ1n) is 7.10. The molecule has 4 nitrogen and oxygen atoms in total. The van der Waals surface area contributed by atoms with E-state index < -0.39 is 9.84 Å². The highest BCUT2D eigenvalue weighted by Crippen LogP contribution is 2.26. The van der Waals surface area contributed by atoms with Gasteiger partial charge in [-0.1, -0.05) is 19.1 Å². The molecule has 0 spiro atoms. The van der Waals surface area contributed by atoms with Gasteiger partial charge < -0.3 is 10.6 Å². The van der Waals surface area contributed by atoms with Crippen molar-refractivity contribution in [2.24, 2.45) is 5.41 Å². The van der Waals surface area contributed by atoms with Crippen LogP contribution in [0.5, 0.6) is 0 Å². The summed E-state index contributed by atoms with van der Waals surface area (Å²) in [6, 6.07) is 7.12. The van der Waals surface area contributed by atoms with E-state index in [1.54, 1.807) is 12.1 Å². The molecule has 0 unspecified atom stereocenters. The minimum absolute atomic E-state index is 0.373. The molecule has 1 aromatic rings. The molecular weight excluding hydrogens is 272 g/mol. The number of piperidine rings is 1. The summed E-state index contributed by atoms with van der Waals surface area (Å²) >= 11 is 0. The molecule has 0 atom stereocenters. The lowest BCUT2D eigenvalue weighted by Crippen LogP contribution is -2.41. The van der Waals surface area contributed by atoms with E-state index in [1.165, 1.54) is 19.1 Å². The lowest BCUT2D eigenvalue weighted by Gasteiger charge is -2.34. The highest BCUT2D eigenvalue weighted by atomic mass is 32.2. The minimum Gasteiger partial charge on any atom is -0.317 e. The average Bonchev–Trinajstić information content (AvgIpc) is 2.39. The zero-order valence-corrected chi connectivity index (χ0v) is 13.1. The van der Waals surface area contributed by atoms with Gasteiger partial charge in [-0.2, -0.15) is 0 Å². The molecule has 0 amide bonds. The summed E-state index contributed by atoms with van der Waals surface area (Å²) in [4.78, 5) is 0.381. The molecule has 1 heterocycles. The molecule has 2 rings (SSSR count). The Morgan fingerprint density at radius 2 is 1.80 bits per heavy atom. The fraction of sp³-hybridized carbons (Fsp3) is 0.600. The maximum atomic E-state index is 11.4. The van der Waals surface area contributed by atoms with Gasteiger partial charge in [0.15, 0.2) is 9.84 Å².